The van der Waals surface area contributed by atoms with Crippen LogP contribution in [0.1, 0.15) is 17.2 Å². The van der Waals surface area contributed by atoms with Gasteiger partial charge in [-0.2, -0.15) is 0 Å². The highest BCUT2D eigenvalue weighted by Crippen LogP contribution is 2.38. The van der Waals surface area contributed by atoms with E-state index >= 15 is 0 Å². The van der Waals surface area contributed by atoms with Gasteiger partial charge >= 0.3 is 0 Å². The quantitative estimate of drug-likeness (QED) is 0.899. The van der Waals surface area contributed by atoms with Crippen LogP contribution in [-0.2, 0) is 6.42 Å². The van der Waals surface area contributed by atoms with E-state index in [9.17, 15) is 0 Å². The summed E-state index contributed by atoms with van der Waals surface area (Å²) in [7, 11) is 1.72. The number of ether oxygens (including phenoxy) is 1. The molecule has 1 heterocycles. The van der Waals surface area contributed by atoms with Gasteiger partial charge in [-0.25, -0.2) is 0 Å². The van der Waals surface area contributed by atoms with Crippen LogP contribution in [0.4, 0.5) is 5.69 Å². The highest BCUT2D eigenvalue weighted by atomic mass is 79.9. The van der Waals surface area contributed by atoms with Crippen molar-refractivity contribution in [3.8, 4) is 5.75 Å². The number of nitrogens with one attached hydrogen (secondary N) is 1. The Balaban J connectivity index is 1.93. The lowest BCUT2D eigenvalue weighted by atomic mass is 10.0. The van der Waals surface area contributed by atoms with Crippen molar-refractivity contribution in [1.29, 1.82) is 0 Å². The number of halogens is 1. The fourth-order valence-electron chi connectivity index (χ4n) is 2.46. The summed E-state index contributed by atoms with van der Waals surface area (Å²) in [6.07, 6.45) is 1.00. The molecular weight excluding hydrogens is 290 g/mol. The molecule has 2 aromatic rings. The van der Waals surface area contributed by atoms with Crippen LogP contribution in [0.3, 0.4) is 0 Å². The average molecular weight is 304 g/mol. The first-order valence-corrected chi connectivity index (χ1v) is 6.75. The molecule has 0 fully saturated rings. The summed E-state index contributed by atoms with van der Waals surface area (Å²) in [5.74, 6) is 0.946. The number of benzene rings is 2. The van der Waals surface area contributed by atoms with Crippen LogP contribution in [0, 0.1) is 0 Å². The van der Waals surface area contributed by atoms with Crippen LogP contribution < -0.4 is 10.1 Å². The van der Waals surface area contributed by atoms with E-state index in [1.165, 1.54) is 16.8 Å². The Morgan fingerprint density at radius 3 is 2.89 bits per heavy atom. The predicted molar refractivity (Wildman–Crippen MR) is 77.2 cm³/mol. The van der Waals surface area contributed by atoms with E-state index < -0.39 is 0 Å². The molecule has 18 heavy (non-hydrogen) atoms. The summed E-state index contributed by atoms with van der Waals surface area (Å²) in [4.78, 5) is 0. The minimum Gasteiger partial charge on any atom is -0.496 e. The second-order valence-electron chi connectivity index (χ2n) is 4.44. The minimum absolute atomic E-state index is 0.297. The van der Waals surface area contributed by atoms with E-state index in [1.807, 2.05) is 12.1 Å². The Bertz CT molecular complexity index is 582. The zero-order valence-corrected chi connectivity index (χ0v) is 11.7. The summed E-state index contributed by atoms with van der Waals surface area (Å²) in [6, 6.07) is 14.9. The molecule has 1 aliphatic rings. The van der Waals surface area contributed by atoms with Gasteiger partial charge in [-0.1, -0.05) is 40.2 Å². The molecule has 1 unspecified atom stereocenters. The van der Waals surface area contributed by atoms with Crippen molar-refractivity contribution in [2.45, 2.75) is 12.5 Å². The molecule has 0 radical (unpaired) electrons. The van der Waals surface area contributed by atoms with Gasteiger partial charge in [0.15, 0.2) is 0 Å². The smallest absolute Gasteiger partial charge is 0.124 e. The zero-order chi connectivity index (χ0) is 12.5. The lowest BCUT2D eigenvalue weighted by Crippen LogP contribution is -2.07. The van der Waals surface area contributed by atoms with Gasteiger partial charge in [0.2, 0.25) is 0 Å². The predicted octanol–water partition coefficient (Wildman–Crippen LogP) is 4.17. The van der Waals surface area contributed by atoms with Crippen LogP contribution >= 0.6 is 15.9 Å². The molecule has 3 rings (SSSR count). The van der Waals surface area contributed by atoms with Crippen LogP contribution in [0.2, 0.25) is 0 Å². The van der Waals surface area contributed by atoms with E-state index in [4.69, 9.17) is 4.74 Å². The van der Waals surface area contributed by atoms with Gasteiger partial charge in [-0.3, -0.25) is 0 Å². The monoisotopic (exact) mass is 303 g/mol. The molecule has 0 bridgehead atoms. The lowest BCUT2D eigenvalue weighted by molar-refractivity contribution is 0.407. The second kappa shape index (κ2) is 4.65. The van der Waals surface area contributed by atoms with Gasteiger partial charge in [0, 0.05) is 15.7 Å². The van der Waals surface area contributed by atoms with Crippen LogP contribution in [0.5, 0.6) is 5.75 Å². The summed E-state index contributed by atoms with van der Waals surface area (Å²) in [5, 5.41) is 3.56. The standard InChI is InChI=1S/C15H14BrNO/c1-18-15-5-3-2-4-12(15)14-8-10-6-7-11(16)9-13(10)17-14/h2-7,9,14,17H,8H2,1H3. The molecule has 0 amide bonds. The van der Waals surface area contributed by atoms with Gasteiger partial charge in [0.25, 0.3) is 0 Å². The van der Waals surface area contributed by atoms with Crippen molar-refractivity contribution in [2.75, 3.05) is 12.4 Å². The van der Waals surface area contributed by atoms with Crippen molar-refractivity contribution in [1.82, 2.24) is 0 Å². The number of anilines is 1. The van der Waals surface area contributed by atoms with Gasteiger partial charge in [-0.15, -0.1) is 0 Å². The minimum atomic E-state index is 0.297. The first-order chi connectivity index (χ1) is 8.78. The van der Waals surface area contributed by atoms with Crippen molar-refractivity contribution in [3.63, 3.8) is 0 Å². The van der Waals surface area contributed by atoms with Gasteiger partial charge in [-0.05, 0) is 30.2 Å². The molecular formula is C15H14BrNO. The molecule has 0 aliphatic carbocycles. The maximum Gasteiger partial charge on any atom is 0.124 e. The van der Waals surface area contributed by atoms with Crippen molar-refractivity contribution < 1.29 is 4.74 Å². The number of methoxy groups -OCH3 is 1. The molecule has 2 aromatic carbocycles. The fraction of sp³-hybridized carbons (Fsp3) is 0.200. The van der Waals surface area contributed by atoms with Crippen molar-refractivity contribution in [3.05, 3.63) is 58.1 Å². The molecule has 0 spiro atoms. The van der Waals surface area contributed by atoms with Crippen LogP contribution in [0.15, 0.2) is 46.9 Å². The Kier molecular flexibility index (Phi) is 3.00. The average Bonchev–Trinajstić information content (AvgIpc) is 2.81. The van der Waals surface area contributed by atoms with E-state index in [1.54, 1.807) is 7.11 Å². The summed E-state index contributed by atoms with van der Waals surface area (Å²) in [6.45, 7) is 0. The molecule has 1 aliphatic heterocycles. The molecule has 2 nitrogen and oxygen atoms in total. The topological polar surface area (TPSA) is 21.3 Å². The summed E-state index contributed by atoms with van der Waals surface area (Å²) < 4.78 is 6.54. The number of fused-ring (bicyclic) bond motifs is 1. The SMILES string of the molecule is COc1ccccc1C1Cc2ccc(Br)cc2N1. The van der Waals surface area contributed by atoms with E-state index in [-0.39, 0.29) is 0 Å². The largest absolute Gasteiger partial charge is 0.496 e. The van der Waals surface area contributed by atoms with Gasteiger partial charge in [0.05, 0.1) is 13.2 Å². The number of rotatable bonds is 2. The summed E-state index contributed by atoms with van der Waals surface area (Å²) >= 11 is 3.50. The highest BCUT2D eigenvalue weighted by molar-refractivity contribution is 9.10. The maximum atomic E-state index is 5.43. The number of para-hydroxylation sites is 1. The maximum absolute atomic E-state index is 5.43. The summed E-state index contributed by atoms with van der Waals surface area (Å²) in [5.41, 5.74) is 3.78. The van der Waals surface area contributed by atoms with Crippen molar-refractivity contribution >= 4 is 21.6 Å². The Morgan fingerprint density at radius 1 is 1.22 bits per heavy atom. The molecule has 0 saturated heterocycles. The van der Waals surface area contributed by atoms with Gasteiger partial charge < -0.3 is 10.1 Å². The molecule has 0 saturated carbocycles. The Labute approximate surface area is 115 Å². The van der Waals surface area contributed by atoms with Gasteiger partial charge in [0.1, 0.15) is 5.75 Å². The molecule has 92 valence electrons. The zero-order valence-electron chi connectivity index (χ0n) is 10.1. The molecule has 1 atom stereocenters. The van der Waals surface area contributed by atoms with E-state index in [0.717, 1.165) is 16.6 Å². The normalized spacial score (nSPS) is 17.1. The van der Waals surface area contributed by atoms with Crippen LogP contribution in [0.25, 0.3) is 0 Å². The fourth-order valence-corrected chi connectivity index (χ4v) is 2.82. The van der Waals surface area contributed by atoms with Crippen LogP contribution in [-0.4, -0.2) is 7.11 Å². The Hall–Kier alpha value is -1.48. The first kappa shape index (κ1) is 11.6. The molecule has 0 aromatic heterocycles. The first-order valence-electron chi connectivity index (χ1n) is 5.96. The Morgan fingerprint density at radius 2 is 2.06 bits per heavy atom. The molecule has 3 heteroatoms. The highest BCUT2D eigenvalue weighted by Gasteiger charge is 2.24. The second-order valence-corrected chi connectivity index (χ2v) is 5.36. The number of hydrogen-bond acceptors (Lipinski definition) is 2. The van der Waals surface area contributed by atoms with E-state index in [2.05, 4.69) is 51.6 Å². The molecule has 1 N–H and O–H groups in total. The van der Waals surface area contributed by atoms with E-state index in [0.29, 0.717) is 6.04 Å². The number of hydrogen-bond donors (Lipinski definition) is 1. The third-order valence-corrected chi connectivity index (χ3v) is 3.83. The van der Waals surface area contributed by atoms with Crippen molar-refractivity contribution in [2.24, 2.45) is 0 Å². The lowest BCUT2D eigenvalue weighted by Gasteiger charge is -2.15. The third-order valence-electron chi connectivity index (χ3n) is 3.34. The third kappa shape index (κ3) is 1.99.